The maximum absolute atomic E-state index is 10.7. The van der Waals surface area contributed by atoms with Crippen LogP contribution >= 0.6 is 11.6 Å². The summed E-state index contributed by atoms with van der Waals surface area (Å²) in [6, 6.07) is -0.337. The molecule has 1 N–H and O–H groups in total. The second-order valence-electron chi connectivity index (χ2n) is 3.09. The summed E-state index contributed by atoms with van der Waals surface area (Å²) in [5.41, 5.74) is -0.503. The number of aromatic carboxylic acids is 1. The Morgan fingerprint density at radius 3 is 2.47 bits per heavy atom. The molecule has 0 saturated heterocycles. The molecule has 1 aromatic heterocycles. The van der Waals surface area contributed by atoms with Gasteiger partial charge in [0.1, 0.15) is 6.04 Å². The molecule has 0 aliphatic carbocycles. The van der Waals surface area contributed by atoms with Crippen LogP contribution in [-0.2, 0) is 0 Å². The number of nitrogens with zero attached hydrogens (tertiary/aromatic N) is 3. The molecule has 82 valence electrons. The van der Waals surface area contributed by atoms with Crippen LogP contribution in [0.3, 0.4) is 0 Å². The van der Waals surface area contributed by atoms with Gasteiger partial charge in [-0.05, 0) is 18.8 Å². The molecule has 0 atom stereocenters. The van der Waals surface area contributed by atoms with E-state index in [0.717, 1.165) is 4.68 Å². The smallest absolute Gasteiger partial charge is 0.364 e. The number of hydrogen-bond acceptors (Lipinski definition) is 4. The van der Waals surface area contributed by atoms with E-state index in [1.807, 2.05) is 0 Å². The molecule has 7 nitrogen and oxygen atoms in total. The average Bonchev–Trinajstić information content (AvgIpc) is 2.42. The van der Waals surface area contributed by atoms with Gasteiger partial charge in [0.2, 0.25) is 5.69 Å². The number of rotatable bonds is 3. The van der Waals surface area contributed by atoms with Crippen LogP contribution in [0.25, 0.3) is 0 Å². The van der Waals surface area contributed by atoms with Gasteiger partial charge >= 0.3 is 11.8 Å². The quantitative estimate of drug-likeness (QED) is 0.633. The zero-order valence-corrected chi connectivity index (χ0v) is 8.72. The molecule has 0 bridgehead atoms. The van der Waals surface area contributed by atoms with Crippen molar-refractivity contribution in [3.63, 3.8) is 0 Å². The molecule has 0 unspecified atom stereocenters. The fourth-order valence-corrected chi connectivity index (χ4v) is 1.34. The van der Waals surface area contributed by atoms with Gasteiger partial charge in [0.15, 0.2) is 5.02 Å². The number of hydrogen-bond donors (Lipinski definition) is 1. The molecule has 15 heavy (non-hydrogen) atoms. The molecular weight excluding hydrogens is 226 g/mol. The van der Waals surface area contributed by atoms with Gasteiger partial charge in [0, 0.05) is 0 Å². The molecular formula is C7H8ClN3O4. The predicted octanol–water partition coefficient (Wildman–Crippen LogP) is 1.72. The second kappa shape index (κ2) is 3.85. The Labute approximate surface area is 89.4 Å². The van der Waals surface area contributed by atoms with E-state index >= 15 is 0 Å². The normalized spacial score (nSPS) is 10.7. The van der Waals surface area contributed by atoms with Crippen LogP contribution in [0.5, 0.6) is 0 Å². The third-order valence-electron chi connectivity index (χ3n) is 1.69. The van der Waals surface area contributed by atoms with Crippen LogP contribution in [0, 0.1) is 10.1 Å². The molecule has 0 fully saturated rings. The Balaban J connectivity index is 3.46. The lowest BCUT2D eigenvalue weighted by Crippen LogP contribution is -2.08. The fraction of sp³-hybridized carbons (Fsp3) is 0.429. The first-order valence-electron chi connectivity index (χ1n) is 4.02. The molecule has 1 rings (SSSR count). The lowest BCUT2D eigenvalue weighted by molar-refractivity contribution is -0.392. The van der Waals surface area contributed by atoms with Crippen molar-refractivity contribution in [2.45, 2.75) is 19.9 Å². The van der Waals surface area contributed by atoms with Crippen LogP contribution in [-0.4, -0.2) is 25.8 Å². The Kier molecular flexibility index (Phi) is 2.94. The molecule has 0 amide bonds. The first-order valence-corrected chi connectivity index (χ1v) is 4.39. The van der Waals surface area contributed by atoms with Crippen LogP contribution in [0.1, 0.15) is 30.4 Å². The number of carboxylic acid groups (broad SMARTS) is 1. The number of halogens is 1. The average molecular weight is 234 g/mol. The topological polar surface area (TPSA) is 98.3 Å². The molecule has 0 aliphatic heterocycles. The third kappa shape index (κ3) is 1.91. The number of carbonyl (C=O) groups is 1. The van der Waals surface area contributed by atoms with Gasteiger partial charge in [-0.25, -0.2) is 4.79 Å². The Hall–Kier alpha value is -1.63. The van der Waals surface area contributed by atoms with Gasteiger partial charge in [-0.1, -0.05) is 16.7 Å². The Bertz CT molecular complexity index is 426. The van der Waals surface area contributed by atoms with Crippen molar-refractivity contribution in [2.24, 2.45) is 0 Å². The molecule has 0 aromatic carbocycles. The fourth-order valence-electron chi connectivity index (χ4n) is 1.07. The molecule has 1 heterocycles. The summed E-state index contributed by atoms with van der Waals surface area (Å²) in [5.74, 6) is -1.88. The number of nitro groups is 1. The summed E-state index contributed by atoms with van der Waals surface area (Å²) >= 11 is 5.56. The van der Waals surface area contributed by atoms with Crippen LogP contribution in [0.2, 0.25) is 5.02 Å². The molecule has 8 heteroatoms. The van der Waals surface area contributed by atoms with Gasteiger partial charge in [0.05, 0.1) is 0 Å². The summed E-state index contributed by atoms with van der Waals surface area (Å²) in [6.07, 6.45) is 0. The van der Waals surface area contributed by atoms with E-state index in [9.17, 15) is 14.9 Å². The van der Waals surface area contributed by atoms with Crippen molar-refractivity contribution in [1.82, 2.24) is 9.78 Å². The minimum atomic E-state index is -1.39. The monoisotopic (exact) mass is 233 g/mol. The van der Waals surface area contributed by atoms with Crippen molar-refractivity contribution >= 4 is 23.4 Å². The van der Waals surface area contributed by atoms with E-state index in [1.54, 1.807) is 13.8 Å². The highest BCUT2D eigenvalue weighted by Crippen LogP contribution is 2.30. The van der Waals surface area contributed by atoms with E-state index in [1.165, 1.54) is 0 Å². The number of aromatic nitrogens is 2. The maximum Gasteiger partial charge on any atom is 0.364 e. The van der Waals surface area contributed by atoms with E-state index in [4.69, 9.17) is 16.7 Å². The third-order valence-corrected chi connectivity index (χ3v) is 2.04. The largest absolute Gasteiger partial charge is 0.476 e. The van der Waals surface area contributed by atoms with E-state index in [0.29, 0.717) is 0 Å². The van der Waals surface area contributed by atoms with Gasteiger partial charge in [0.25, 0.3) is 0 Å². The van der Waals surface area contributed by atoms with Gasteiger partial charge in [-0.3, -0.25) is 0 Å². The van der Waals surface area contributed by atoms with Crippen molar-refractivity contribution < 1.29 is 14.8 Å². The van der Waals surface area contributed by atoms with Crippen molar-refractivity contribution in [2.75, 3.05) is 0 Å². The van der Waals surface area contributed by atoms with Crippen LogP contribution in [0.4, 0.5) is 5.82 Å². The van der Waals surface area contributed by atoms with Gasteiger partial charge in [-0.15, -0.1) is 4.68 Å². The Morgan fingerprint density at radius 1 is 1.67 bits per heavy atom. The summed E-state index contributed by atoms with van der Waals surface area (Å²) < 4.78 is 0.978. The molecule has 0 radical (unpaired) electrons. The van der Waals surface area contributed by atoms with Crippen molar-refractivity contribution in [1.29, 1.82) is 0 Å². The van der Waals surface area contributed by atoms with Crippen LogP contribution < -0.4 is 0 Å². The highest BCUT2D eigenvalue weighted by Gasteiger charge is 2.31. The minimum Gasteiger partial charge on any atom is -0.476 e. The standard InChI is InChI=1S/C7H8ClN3O4/c1-3(2)10-6(11(14)15)4(8)5(9-10)7(12)13/h3H,1-2H3,(H,12,13). The van der Waals surface area contributed by atoms with E-state index < -0.39 is 27.4 Å². The van der Waals surface area contributed by atoms with Gasteiger partial charge in [-0.2, -0.15) is 0 Å². The second-order valence-corrected chi connectivity index (χ2v) is 3.46. The first kappa shape index (κ1) is 11.4. The van der Waals surface area contributed by atoms with Gasteiger partial charge < -0.3 is 15.2 Å². The first-order chi connectivity index (χ1) is 6.86. The SMILES string of the molecule is CC(C)n1nc(C(=O)O)c(Cl)c1[N+](=O)[O-]. The maximum atomic E-state index is 10.7. The van der Waals surface area contributed by atoms with E-state index in [-0.39, 0.29) is 6.04 Å². The molecule has 1 aromatic rings. The molecule has 0 saturated carbocycles. The predicted molar refractivity (Wildman–Crippen MR) is 51.2 cm³/mol. The molecule has 0 spiro atoms. The highest BCUT2D eigenvalue weighted by atomic mass is 35.5. The summed E-state index contributed by atoms with van der Waals surface area (Å²) in [6.45, 7) is 3.28. The highest BCUT2D eigenvalue weighted by molar-refractivity contribution is 6.35. The van der Waals surface area contributed by atoms with Crippen molar-refractivity contribution in [3.05, 3.63) is 20.8 Å². The zero-order chi connectivity index (χ0) is 11.7. The number of carboxylic acids is 1. The lowest BCUT2D eigenvalue weighted by Gasteiger charge is -2.01. The Morgan fingerprint density at radius 2 is 2.20 bits per heavy atom. The zero-order valence-electron chi connectivity index (χ0n) is 7.97. The summed E-state index contributed by atoms with van der Waals surface area (Å²) in [7, 11) is 0. The summed E-state index contributed by atoms with van der Waals surface area (Å²) in [4.78, 5) is 20.6. The van der Waals surface area contributed by atoms with E-state index in [2.05, 4.69) is 5.10 Å². The summed E-state index contributed by atoms with van der Waals surface area (Å²) in [5, 5.41) is 22.5. The van der Waals surface area contributed by atoms with Crippen LogP contribution in [0.15, 0.2) is 0 Å². The lowest BCUT2D eigenvalue weighted by atomic mass is 10.4. The minimum absolute atomic E-state index is 0.337. The van der Waals surface area contributed by atoms with Crippen molar-refractivity contribution in [3.8, 4) is 0 Å². The molecule has 0 aliphatic rings.